The van der Waals surface area contributed by atoms with Crippen LogP contribution >= 0.6 is 11.8 Å². The fraction of sp³-hybridized carbons (Fsp3) is 1.00. The molecular weight excluding hydrogens is 182 g/mol. The third-order valence-corrected chi connectivity index (χ3v) is 3.95. The molecule has 1 saturated heterocycles. The van der Waals surface area contributed by atoms with Gasteiger partial charge in [-0.05, 0) is 32.4 Å². The van der Waals surface area contributed by atoms with E-state index in [0.717, 1.165) is 0 Å². The van der Waals surface area contributed by atoms with Gasteiger partial charge in [-0.15, -0.1) is 0 Å². The first-order valence-corrected chi connectivity index (χ1v) is 6.26. The van der Waals surface area contributed by atoms with E-state index in [-0.39, 0.29) is 0 Å². The molecule has 0 aliphatic carbocycles. The van der Waals surface area contributed by atoms with Crippen LogP contribution in [-0.4, -0.2) is 36.8 Å². The molecule has 1 N–H and O–H groups in total. The zero-order valence-corrected chi connectivity index (χ0v) is 9.69. The van der Waals surface area contributed by atoms with Gasteiger partial charge in [-0.25, -0.2) is 0 Å². The van der Waals surface area contributed by atoms with E-state index in [0.29, 0.717) is 18.2 Å². The highest BCUT2D eigenvalue weighted by Gasteiger charge is 2.18. The van der Waals surface area contributed by atoms with Gasteiger partial charge in [0, 0.05) is 24.9 Å². The number of hydrogen-bond donors (Lipinski definition) is 1. The van der Waals surface area contributed by atoms with E-state index in [4.69, 9.17) is 4.74 Å². The third-order valence-electron chi connectivity index (χ3n) is 2.73. The quantitative estimate of drug-likeness (QED) is 0.754. The molecule has 78 valence electrons. The molecule has 0 spiro atoms. The van der Waals surface area contributed by atoms with Gasteiger partial charge in [-0.2, -0.15) is 11.8 Å². The average molecular weight is 203 g/mol. The highest BCUT2D eigenvalue weighted by Crippen LogP contribution is 2.17. The van der Waals surface area contributed by atoms with Gasteiger partial charge in [0.15, 0.2) is 0 Å². The van der Waals surface area contributed by atoms with Crippen molar-refractivity contribution in [1.29, 1.82) is 0 Å². The van der Waals surface area contributed by atoms with E-state index in [2.05, 4.69) is 30.9 Å². The maximum atomic E-state index is 5.28. The highest BCUT2D eigenvalue weighted by atomic mass is 32.2. The van der Waals surface area contributed by atoms with Gasteiger partial charge >= 0.3 is 0 Å². The van der Waals surface area contributed by atoms with E-state index in [9.17, 15) is 0 Å². The Kier molecular flexibility index (Phi) is 5.14. The molecule has 3 heteroatoms. The lowest BCUT2D eigenvalue weighted by atomic mass is 10.1. The molecule has 1 aliphatic rings. The van der Waals surface area contributed by atoms with E-state index in [1.54, 1.807) is 7.11 Å². The molecule has 3 unspecified atom stereocenters. The second-order valence-electron chi connectivity index (χ2n) is 3.81. The van der Waals surface area contributed by atoms with Crippen molar-refractivity contribution in [3.8, 4) is 0 Å². The Hall–Kier alpha value is 0.270. The lowest BCUT2D eigenvalue weighted by Gasteiger charge is -2.28. The summed E-state index contributed by atoms with van der Waals surface area (Å²) >= 11 is 2.06. The summed E-state index contributed by atoms with van der Waals surface area (Å²) < 4.78 is 5.28. The molecular formula is C10H21NOS. The summed E-state index contributed by atoms with van der Waals surface area (Å²) in [5.41, 5.74) is 0. The van der Waals surface area contributed by atoms with Crippen molar-refractivity contribution in [2.24, 2.45) is 0 Å². The molecule has 0 aromatic carbocycles. The molecule has 0 bridgehead atoms. The molecule has 0 saturated carbocycles. The molecule has 0 aromatic heterocycles. The zero-order chi connectivity index (χ0) is 9.68. The molecule has 1 rings (SSSR count). The smallest absolute Gasteiger partial charge is 0.0693 e. The van der Waals surface area contributed by atoms with Gasteiger partial charge < -0.3 is 10.1 Å². The van der Waals surface area contributed by atoms with Crippen molar-refractivity contribution >= 4 is 11.8 Å². The normalized spacial score (nSPS) is 28.4. The van der Waals surface area contributed by atoms with Crippen molar-refractivity contribution in [2.45, 2.75) is 44.9 Å². The van der Waals surface area contributed by atoms with Crippen LogP contribution in [0.15, 0.2) is 0 Å². The largest absolute Gasteiger partial charge is 0.380 e. The minimum Gasteiger partial charge on any atom is -0.380 e. The summed E-state index contributed by atoms with van der Waals surface area (Å²) in [4.78, 5) is 0. The summed E-state index contributed by atoms with van der Waals surface area (Å²) in [6, 6.07) is 1.17. The Bertz CT molecular complexity index is 137. The fourth-order valence-corrected chi connectivity index (χ4v) is 2.67. The Morgan fingerprint density at radius 2 is 2.23 bits per heavy atom. The van der Waals surface area contributed by atoms with Crippen LogP contribution in [0.4, 0.5) is 0 Å². The van der Waals surface area contributed by atoms with E-state index in [1.807, 2.05) is 0 Å². The summed E-state index contributed by atoms with van der Waals surface area (Å²) in [5.74, 6) is 2.60. The van der Waals surface area contributed by atoms with Crippen LogP contribution in [-0.2, 0) is 4.74 Å². The minimum absolute atomic E-state index is 0.312. The fourth-order valence-electron chi connectivity index (χ4n) is 1.58. The van der Waals surface area contributed by atoms with Crippen LogP contribution in [0.3, 0.4) is 0 Å². The average Bonchev–Trinajstić information content (AvgIpc) is 2.18. The number of ether oxygens (including phenoxy) is 1. The molecule has 0 amide bonds. The number of nitrogens with one attached hydrogen (secondary N) is 1. The summed E-state index contributed by atoms with van der Waals surface area (Å²) in [6.07, 6.45) is 3.00. The first kappa shape index (κ1) is 11.3. The molecule has 1 aliphatic heterocycles. The van der Waals surface area contributed by atoms with Gasteiger partial charge in [0.2, 0.25) is 0 Å². The minimum atomic E-state index is 0.312. The molecule has 3 atom stereocenters. The Morgan fingerprint density at radius 3 is 2.77 bits per heavy atom. The van der Waals surface area contributed by atoms with Crippen molar-refractivity contribution in [3.05, 3.63) is 0 Å². The maximum Gasteiger partial charge on any atom is 0.0693 e. The zero-order valence-electron chi connectivity index (χ0n) is 8.88. The van der Waals surface area contributed by atoms with Gasteiger partial charge in [-0.1, -0.05) is 0 Å². The highest BCUT2D eigenvalue weighted by molar-refractivity contribution is 7.99. The Morgan fingerprint density at radius 1 is 1.46 bits per heavy atom. The summed E-state index contributed by atoms with van der Waals surface area (Å²) in [6.45, 7) is 4.32. The second kappa shape index (κ2) is 5.89. The standard InChI is InChI=1S/C10H21NOS/c1-8(9(2)12-3)11-10-5-4-6-13-7-10/h8-11H,4-7H2,1-3H3. The predicted molar refractivity (Wildman–Crippen MR) is 59.4 cm³/mol. The summed E-state index contributed by atoms with van der Waals surface area (Å²) in [5, 5.41) is 3.62. The van der Waals surface area contributed by atoms with Crippen molar-refractivity contribution in [2.75, 3.05) is 18.6 Å². The molecule has 0 radical (unpaired) electrons. The van der Waals surface area contributed by atoms with E-state index < -0.39 is 0 Å². The van der Waals surface area contributed by atoms with Gasteiger partial charge in [0.05, 0.1) is 6.10 Å². The summed E-state index contributed by atoms with van der Waals surface area (Å²) in [7, 11) is 1.78. The monoisotopic (exact) mass is 203 g/mol. The van der Waals surface area contributed by atoms with Gasteiger partial charge in [0.1, 0.15) is 0 Å². The van der Waals surface area contributed by atoms with E-state index >= 15 is 0 Å². The first-order valence-electron chi connectivity index (χ1n) is 5.10. The van der Waals surface area contributed by atoms with Crippen molar-refractivity contribution < 1.29 is 4.74 Å². The van der Waals surface area contributed by atoms with Crippen molar-refractivity contribution in [1.82, 2.24) is 5.32 Å². The van der Waals surface area contributed by atoms with E-state index in [1.165, 1.54) is 24.3 Å². The van der Waals surface area contributed by atoms with Gasteiger partial charge in [-0.3, -0.25) is 0 Å². The number of rotatable bonds is 4. The lowest BCUT2D eigenvalue weighted by Crippen LogP contribution is -2.45. The van der Waals surface area contributed by atoms with Crippen molar-refractivity contribution in [3.63, 3.8) is 0 Å². The van der Waals surface area contributed by atoms with Gasteiger partial charge in [0.25, 0.3) is 0 Å². The number of hydrogen-bond acceptors (Lipinski definition) is 3. The van der Waals surface area contributed by atoms with Crippen LogP contribution in [0.25, 0.3) is 0 Å². The Labute approximate surface area is 85.8 Å². The second-order valence-corrected chi connectivity index (χ2v) is 4.96. The van der Waals surface area contributed by atoms with Crippen LogP contribution in [0.2, 0.25) is 0 Å². The Balaban J connectivity index is 2.21. The molecule has 0 aromatic rings. The topological polar surface area (TPSA) is 21.3 Å². The number of methoxy groups -OCH3 is 1. The maximum absolute atomic E-state index is 5.28. The molecule has 13 heavy (non-hydrogen) atoms. The lowest BCUT2D eigenvalue weighted by molar-refractivity contribution is 0.0848. The van der Waals surface area contributed by atoms with Crippen LogP contribution in [0, 0.1) is 0 Å². The van der Waals surface area contributed by atoms with Crippen LogP contribution in [0.5, 0.6) is 0 Å². The molecule has 1 fully saturated rings. The van der Waals surface area contributed by atoms with Crippen LogP contribution in [0.1, 0.15) is 26.7 Å². The molecule has 2 nitrogen and oxygen atoms in total. The SMILES string of the molecule is COC(C)C(C)NC1CCCSC1. The predicted octanol–water partition coefficient (Wildman–Crippen LogP) is 1.90. The van der Waals surface area contributed by atoms with Crippen LogP contribution < -0.4 is 5.32 Å². The molecule has 1 heterocycles. The number of thioether (sulfide) groups is 1. The first-order chi connectivity index (χ1) is 6.24. The third kappa shape index (κ3) is 3.88.